The molecule has 1 atom stereocenters. The van der Waals surface area contributed by atoms with Crippen LogP contribution in [0.4, 0.5) is 0 Å². The third-order valence-electron chi connectivity index (χ3n) is 2.90. The molecule has 1 unspecified atom stereocenters. The van der Waals surface area contributed by atoms with Crippen molar-refractivity contribution in [2.75, 3.05) is 13.1 Å². The average molecular weight is 182 g/mol. The van der Waals surface area contributed by atoms with Crippen LogP contribution in [-0.2, 0) is 4.79 Å². The van der Waals surface area contributed by atoms with Gasteiger partial charge in [0, 0.05) is 18.5 Å². The van der Waals surface area contributed by atoms with E-state index in [0.29, 0.717) is 12.0 Å². The van der Waals surface area contributed by atoms with Crippen molar-refractivity contribution in [3.63, 3.8) is 0 Å². The number of carbonyl (C=O) groups is 1. The summed E-state index contributed by atoms with van der Waals surface area (Å²) in [6.07, 6.45) is 5.88. The highest BCUT2D eigenvalue weighted by atomic mass is 16.2. The van der Waals surface area contributed by atoms with Gasteiger partial charge >= 0.3 is 0 Å². The molecule has 0 aromatic carbocycles. The molecule has 0 aromatic heterocycles. The van der Waals surface area contributed by atoms with Crippen LogP contribution in [0.2, 0.25) is 0 Å². The van der Waals surface area contributed by atoms with Crippen LogP contribution in [0.1, 0.15) is 32.1 Å². The van der Waals surface area contributed by atoms with Gasteiger partial charge in [-0.2, -0.15) is 0 Å². The van der Waals surface area contributed by atoms with Crippen molar-refractivity contribution in [1.82, 2.24) is 10.6 Å². The first-order chi connectivity index (χ1) is 6.36. The van der Waals surface area contributed by atoms with Crippen molar-refractivity contribution in [1.29, 1.82) is 0 Å². The minimum Gasteiger partial charge on any atom is -0.356 e. The molecule has 1 saturated carbocycles. The molecule has 1 heterocycles. The molecule has 13 heavy (non-hydrogen) atoms. The summed E-state index contributed by atoms with van der Waals surface area (Å²) < 4.78 is 0. The number of hydrogen-bond donors (Lipinski definition) is 2. The van der Waals surface area contributed by atoms with Crippen molar-refractivity contribution >= 4 is 5.91 Å². The lowest BCUT2D eigenvalue weighted by molar-refractivity contribution is -0.122. The molecule has 1 aliphatic carbocycles. The standard InChI is InChI=1S/C10H18N2O/c13-10(8-3-4-8)12-7-5-9-2-1-6-11-9/h8-9,11H,1-7H2,(H,12,13). The normalized spacial score (nSPS) is 27.5. The molecule has 0 radical (unpaired) electrons. The molecule has 0 bridgehead atoms. The van der Waals surface area contributed by atoms with E-state index in [1.165, 1.54) is 12.8 Å². The fourth-order valence-corrected chi connectivity index (χ4v) is 1.86. The van der Waals surface area contributed by atoms with Crippen LogP contribution in [0.15, 0.2) is 0 Å². The fourth-order valence-electron chi connectivity index (χ4n) is 1.86. The third kappa shape index (κ3) is 2.69. The molecule has 1 aliphatic heterocycles. The highest BCUT2D eigenvalue weighted by molar-refractivity contribution is 5.80. The van der Waals surface area contributed by atoms with Gasteiger partial charge in [-0.25, -0.2) is 0 Å². The van der Waals surface area contributed by atoms with Crippen LogP contribution in [0.3, 0.4) is 0 Å². The molecule has 74 valence electrons. The minimum absolute atomic E-state index is 0.276. The first kappa shape index (κ1) is 9.00. The van der Waals surface area contributed by atoms with Gasteiger partial charge in [-0.05, 0) is 38.6 Å². The van der Waals surface area contributed by atoms with Crippen LogP contribution in [0.5, 0.6) is 0 Å². The minimum atomic E-state index is 0.276. The molecule has 0 spiro atoms. The van der Waals surface area contributed by atoms with Crippen molar-refractivity contribution in [3.05, 3.63) is 0 Å². The number of rotatable bonds is 4. The quantitative estimate of drug-likeness (QED) is 0.670. The first-order valence-electron chi connectivity index (χ1n) is 5.37. The summed E-state index contributed by atoms with van der Waals surface area (Å²) >= 11 is 0. The van der Waals surface area contributed by atoms with E-state index in [0.717, 1.165) is 32.4 Å². The number of hydrogen-bond acceptors (Lipinski definition) is 2. The maximum absolute atomic E-state index is 11.2. The highest BCUT2D eigenvalue weighted by Crippen LogP contribution is 2.28. The van der Waals surface area contributed by atoms with E-state index in [9.17, 15) is 4.79 Å². The Kier molecular flexibility index (Phi) is 2.83. The Labute approximate surface area is 79.3 Å². The maximum Gasteiger partial charge on any atom is 0.223 e. The molecular weight excluding hydrogens is 164 g/mol. The zero-order chi connectivity index (χ0) is 9.10. The molecule has 3 heteroatoms. The van der Waals surface area contributed by atoms with Crippen molar-refractivity contribution < 1.29 is 4.79 Å². The largest absolute Gasteiger partial charge is 0.356 e. The molecule has 0 aromatic rings. The van der Waals surface area contributed by atoms with Gasteiger partial charge in [0.1, 0.15) is 0 Å². The molecular formula is C10H18N2O. The topological polar surface area (TPSA) is 41.1 Å². The lowest BCUT2D eigenvalue weighted by Crippen LogP contribution is -2.31. The summed E-state index contributed by atoms with van der Waals surface area (Å²) in [5.74, 6) is 0.634. The van der Waals surface area contributed by atoms with Crippen LogP contribution in [0, 0.1) is 5.92 Å². The molecule has 2 rings (SSSR count). The monoisotopic (exact) mass is 182 g/mol. The van der Waals surface area contributed by atoms with E-state index in [1.54, 1.807) is 0 Å². The summed E-state index contributed by atoms with van der Waals surface area (Å²) in [7, 11) is 0. The van der Waals surface area contributed by atoms with E-state index in [1.807, 2.05) is 0 Å². The third-order valence-corrected chi connectivity index (χ3v) is 2.90. The lowest BCUT2D eigenvalue weighted by Gasteiger charge is -2.10. The Morgan fingerprint density at radius 3 is 2.85 bits per heavy atom. The summed E-state index contributed by atoms with van der Waals surface area (Å²) in [4.78, 5) is 11.2. The van der Waals surface area contributed by atoms with Crippen LogP contribution >= 0.6 is 0 Å². The maximum atomic E-state index is 11.2. The van der Waals surface area contributed by atoms with Gasteiger partial charge in [0.25, 0.3) is 0 Å². The molecule has 1 saturated heterocycles. The van der Waals surface area contributed by atoms with Crippen LogP contribution in [0.25, 0.3) is 0 Å². The van der Waals surface area contributed by atoms with Gasteiger partial charge in [0.2, 0.25) is 5.91 Å². The summed E-state index contributed by atoms with van der Waals surface area (Å²) in [5.41, 5.74) is 0. The SMILES string of the molecule is O=C(NCCC1CCCN1)C1CC1. The summed E-state index contributed by atoms with van der Waals surface area (Å²) in [5, 5.41) is 6.42. The fraction of sp³-hybridized carbons (Fsp3) is 0.900. The van der Waals surface area contributed by atoms with E-state index in [-0.39, 0.29) is 5.91 Å². The smallest absolute Gasteiger partial charge is 0.223 e. The predicted molar refractivity (Wildman–Crippen MR) is 51.4 cm³/mol. The van der Waals surface area contributed by atoms with E-state index in [2.05, 4.69) is 10.6 Å². The second-order valence-electron chi connectivity index (χ2n) is 4.15. The Bertz CT molecular complexity index is 183. The van der Waals surface area contributed by atoms with Crippen molar-refractivity contribution in [2.45, 2.75) is 38.1 Å². The van der Waals surface area contributed by atoms with Gasteiger partial charge < -0.3 is 10.6 Å². The molecule has 2 aliphatic rings. The van der Waals surface area contributed by atoms with E-state index < -0.39 is 0 Å². The predicted octanol–water partition coefficient (Wildman–Crippen LogP) is 0.655. The van der Waals surface area contributed by atoms with Crippen LogP contribution < -0.4 is 10.6 Å². The van der Waals surface area contributed by atoms with Gasteiger partial charge in [0.15, 0.2) is 0 Å². The Balaban J connectivity index is 1.54. The van der Waals surface area contributed by atoms with Crippen LogP contribution in [-0.4, -0.2) is 25.0 Å². The lowest BCUT2D eigenvalue weighted by atomic mass is 10.1. The number of amides is 1. The summed E-state index contributed by atoms with van der Waals surface area (Å²) in [6, 6.07) is 0.652. The van der Waals surface area contributed by atoms with E-state index >= 15 is 0 Å². The van der Waals surface area contributed by atoms with Gasteiger partial charge in [-0.15, -0.1) is 0 Å². The zero-order valence-electron chi connectivity index (χ0n) is 8.01. The molecule has 3 nitrogen and oxygen atoms in total. The summed E-state index contributed by atoms with van der Waals surface area (Å²) in [6.45, 7) is 2.01. The molecule has 2 N–H and O–H groups in total. The van der Waals surface area contributed by atoms with Gasteiger partial charge in [-0.3, -0.25) is 4.79 Å². The molecule has 1 amide bonds. The second-order valence-corrected chi connectivity index (χ2v) is 4.15. The average Bonchev–Trinajstić information content (AvgIpc) is 2.86. The van der Waals surface area contributed by atoms with Gasteiger partial charge in [0.05, 0.1) is 0 Å². The van der Waals surface area contributed by atoms with Gasteiger partial charge in [-0.1, -0.05) is 0 Å². The Hall–Kier alpha value is -0.570. The molecule has 2 fully saturated rings. The number of nitrogens with one attached hydrogen (secondary N) is 2. The number of carbonyl (C=O) groups excluding carboxylic acids is 1. The Morgan fingerprint density at radius 1 is 1.38 bits per heavy atom. The second kappa shape index (κ2) is 4.09. The highest BCUT2D eigenvalue weighted by Gasteiger charge is 2.29. The van der Waals surface area contributed by atoms with E-state index in [4.69, 9.17) is 0 Å². The first-order valence-corrected chi connectivity index (χ1v) is 5.37. The zero-order valence-corrected chi connectivity index (χ0v) is 8.01. The van der Waals surface area contributed by atoms with Crippen molar-refractivity contribution in [2.24, 2.45) is 5.92 Å². The Morgan fingerprint density at radius 2 is 2.23 bits per heavy atom. The van der Waals surface area contributed by atoms with Crippen molar-refractivity contribution in [3.8, 4) is 0 Å².